The lowest BCUT2D eigenvalue weighted by atomic mass is 10.0. The maximum Gasteiger partial charge on any atom is 0.272 e. The number of hydrogen-bond acceptors (Lipinski definition) is 2. The van der Waals surface area contributed by atoms with E-state index in [4.69, 9.17) is 0 Å². The van der Waals surface area contributed by atoms with Crippen molar-refractivity contribution >= 4 is 28.4 Å². The van der Waals surface area contributed by atoms with E-state index in [0.717, 1.165) is 54.1 Å². The molecule has 0 radical (unpaired) electrons. The topological polar surface area (TPSA) is 65.2 Å². The number of rotatable bonds is 4. The lowest BCUT2D eigenvalue weighted by molar-refractivity contribution is -0.135. The molecule has 1 unspecified atom stereocenters. The van der Waals surface area contributed by atoms with Gasteiger partial charge in [0.15, 0.2) is 0 Å². The van der Waals surface area contributed by atoms with Crippen LogP contribution in [0.15, 0.2) is 42.5 Å². The smallest absolute Gasteiger partial charge is 0.272 e. The average Bonchev–Trinajstić information content (AvgIpc) is 3.10. The Kier molecular flexibility index (Phi) is 5.05. The molecule has 1 fully saturated rings. The number of nitrogens with one attached hydrogen (secondary N) is 2. The molecule has 0 spiro atoms. The third-order valence-electron chi connectivity index (χ3n) is 5.32. The number of carbonyl (C=O) groups is 2. The van der Waals surface area contributed by atoms with Gasteiger partial charge in [-0.3, -0.25) is 9.59 Å². The molecule has 1 saturated heterocycles. The zero-order valence-corrected chi connectivity index (χ0v) is 16.0. The zero-order valence-electron chi connectivity index (χ0n) is 16.0. The van der Waals surface area contributed by atoms with E-state index in [9.17, 15) is 18.4 Å². The third kappa shape index (κ3) is 3.99. The molecule has 2 amide bonds. The quantitative estimate of drug-likeness (QED) is 0.666. The predicted molar refractivity (Wildman–Crippen MR) is 107 cm³/mol. The van der Waals surface area contributed by atoms with Gasteiger partial charge in [-0.25, -0.2) is 8.78 Å². The molecular formula is C22H21F2N3O2. The van der Waals surface area contributed by atoms with Crippen LogP contribution < -0.4 is 5.32 Å². The monoisotopic (exact) mass is 397 g/mol. The van der Waals surface area contributed by atoms with Gasteiger partial charge in [-0.1, -0.05) is 6.07 Å². The number of anilines is 1. The van der Waals surface area contributed by atoms with Crippen molar-refractivity contribution in [1.29, 1.82) is 0 Å². The summed E-state index contributed by atoms with van der Waals surface area (Å²) in [6.45, 7) is 2.76. The van der Waals surface area contributed by atoms with Crippen molar-refractivity contribution in [2.75, 3.05) is 11.9 Å². The number of halogens is 2. The van der Waals surface area contributed by atoms with Crippen molar-refractivity contribution in [3.05, 3.63) is 65.4 Å². The molecule has 2 N–H and O–H groups in total. The number of fused-ring (bicyclic) bond motifs is 1. The van der Waals surface area contributed by atoms with Gasteiger partial charge < -0.3 is 15.2 Å². The average molecular weight is 397 g/mol. The minimum Gasteiger partial charge on any atom is -0.351 e. The van der Waals surface area contributed by atoms with Gasteiger partial charge in [-0.05, 0) is 55.7 Å². The van der Waals surface area contributed by atoms with E-state index in [-0.39, 0.29) is 23.3 Å². The van der Waals surface area contributed by atoms with Crippen molar-refractivity contribution in [2.45, 2.75) is 32.2 Å². The summed E-state index contributed by atoms with van der Waals surface area (Å²) in [5.74, 6) is -1.85. The Morgan fingerprint density at radius 1 is 1.10 bits per heavy atom. The van der Waals surface area contributed by atoms with Crippen molar-refractivity contribution in [3.8, 4) is 0 Å². The second-order valence-corrected chi connectivity index (χ2v) is 7.36. The summed E-state index contributed by atoms with van der Waals surface area (Å²) in [6, 6.07) is 10.3. The highest BCUT2D eigenvalue weighted by Crippen LogP contribution is 2.28. The van der Waals surface area contributed by atoms with Gasteiger partial charge >= 0.3 is 0 Å². The van der Waals surface area contributed by atoms with Gasteiger partial charge in [0.25, 0.3) is 5.91 Å². The first-order chi connectivity index (χ1) is 13.9. The zero-order chi connectivity index (χ0) is 20.5. The van der Waals surface area contributed by atoms with Gasteiger partial charge in [0, 0.05) is 35.6 Å². The van der Waals surface area contributed by atoms with Crippen LogP contribution in [0.5, 0.6) is 0 Å². The molecule has 0 aliphatic carbocycles. The summed E-state index contributed by atoms with van der Waals surface area (Å²) < 4.78 is 26.6. The number of nitrogens with zero attached hydrogens (tertiary/aromatic N) is 1. The Balaban J connectivity index is 1.56. The van der Waals surface area contributed by atoms with Crippen LogP contribution in [0, 0.1) is 11.6 Å². The van der Waals surface area contributed by atoms with Crippen LogP contribution >= 0.6 is 0 Å². The van der Waals surface area contributed by atoms with E-state index in [0.29, 0.717) is 6.42 Å². The minimum absolute atomic E-state index is 0.0454. The number of benzene rings is 2. The first kappa shape index (κ1) is 19.1. The van der Waals surface area contributed by atoms with Crippen LogP contribution in [0.3, 0.4) is 0 Å². The molecule has 1 aliphatic heterocycles. The number of piperidine rings is 1. The molecule has 3 aromatic rings. The summed E-state index contributed by atoms with van der Waals surface area (Å²) in [6.07, 6.45) is 2.53. The number of aromatic amines is 1. The number of H-pyrrole nitrogens is 1. The summed E-state index contributed by atoms with van der Waals surface area (Å²) >= 11 is 0. The van der Waals surface area contributed by atoms with E-state index in [2.05, 4.69) is 10.3 Å². The highest BCUT2D eigenvalue weighted by atomic mass is 19.1. The van der Waals surface area contributed by atoms with Crippen LogP contribution in [-0.4, -0.2) is 28.2 Å². The van der Waals surface area contributed by atoms with Crippen LogP contribution in [0.4, 0.5) is 14.5 Å². The molecule has 1 aliphatic rings. The van der Waals surface area contributed by atoms with Crippen LogP contribution in [0.25, 0.3) is 10.9 Å². The first-order valence-corrected chi connectivity index (χ1v) is 9.60. The van der Waals surface area contributed by atoms with Crippen LogP contribution in [-0.2, 0) is 4.79 Å². The van der Waals surface area contributed by atoms with E-state index < -0.39 is 17.5 Å². The number of carbonyl (C=O) groups excluding carboxylic acids is 2. The fraction of sp³-hybridized carbons (Fsp3) is 0.273. The lowest BCUT2D eigenvalue weighted by Crippen LogP contribution is -2.37. The Labute approximate surface area is 166 Å². The Morgan fingerprint density at radius 2 is 1.86 bits per heavy atom. The Hall–Kier alpha value is -3.22. The number of amides is 2. The van der Waals surface area contributed by atoms with Gasteiger partial charge in [0.2, 0.25) is 5.91 Å². The molecule has 7 heteroatoms. The summed E-state index contributed by atoms with van der Waals surface area (Å²) in [5, 5.41) is 3.32. The van der Waals surface area contributed by atoms with Crippen molar-refractivity contribution in [2.24, 2.45) is 0 Å². The lowest BCUT2D eigenvalue weighted by Gasteiger charge is -2.32. The normalized spacial score (nSPS) is 15.6. The molecule has 29 heavy (non-hydrogen) atoms. The summed E-state index contributed by atoms with van der Waals surface area (Å²) in [5.41, 5.74) is 2.08. The SMILES string of the molecule is CC(c1ccc2[nH]c(C(=O)Nc3cc(F)cc(F)c3)cc2c1)N1CCCCC1=O. The molecule has 0 bridgehead atoms. The molecule has 2 heterocycles. The van der Waals surface area contributed by atoms with Crippen molar-refractivity contribution in [3.63, 3.8) is 0 Å². The molecule has 1 atom stereocenters. The maximum absolute atomic E-state index is 13.3. The molecule has 0 saturated carbocycles. The number of hydrogen-bond donors (Lipinski definition) is 2. The fourth-order valence-electron chi connectivity index (χ4n) is 3.77. The van der Waals surface area contributed by atoms with Gasteiger partial charge in [-0.15, -0.1) is 0 Å². The standard InChI is InChI=1S/C22H21F2N3O2/c1-13(27-7-3-2-4-21(27)28)14-5-6-19-15(8-14)9-20(26-19)22(29)25-18-11-16(23)10-17(24)12-18/h5-6,8-13,26H,2-4,7H2,1H3,(H,25,29). The maximum atomic E-state index is 13.3. The summed E-state index contributed by atoms with van der Waals surface area (Å²) in [7, 11) is 0. The predicted octanol–water partition coefficient (Wildman–Crippen LogP) is 4.77. The summed E-state index contributed by atoms with van der Waals surface area (Å²) in [4.78, 5) is 29.6. The first-order valence-electron chi connectivity index (χ1n) is 9.60. The van der Waals surface area contributed by atoms with Crippen molar-refractivity contribution in [1.82, 2.24) is 9.88 Å². The van der Waals surface area contributed by atoms with Crippen LogP contribution in [0.2, 0.25) is 0 Å². The number of aromatic nitrogens is 1. The minimum atomic E-state index is -0.761. The van der Waals surface area contributed by atoms with E-state index in [1.807, 2.05) is 30.0 Å². The van der Waals surface area contributed by atoms with E-state index in [1.54, 1.807) is 6.07 Å². The van der Waals surface area contributed by atoms with Crippen molar-refractivity contribution < 1.29 is 18.4 Å². The third-order valence-corrected chi connectivity index (χ3v) is 5.32. The van der Waals surface area contributed by atoms with E-state index >= 15 is 0 Å². The molecule has 4 rings (SSSR count). The van der Waals surface area contributed by atoms with Gasteiger partial charge in [0.1, 0.15) is 17.3 Å². The molecule has 150 valence electrons. The van der Waals surface area contributed by atoms with Gasteiger partial charge in [0.05, 0.1) is 6.04 Å². The van der Waals surface area contributed by atoms with Gasteiger partial charge in [-0.2, -0.15) is 0 Å². The second kappa shape index (κ2) is 7.66. The fourth-order valence-corrected chi connectivity index (χ4v) is 3.77. The Morgan fingerprint density at radius 3 is 2.59 bits per heavy atom. The molecular weight excluding hydrogens is 376 g/mol. The Bertz CT molecular complexity index is 1070. The highest BCUT2D eigenvalue weighted by molar-refractivity contribution is 6.06. The number of likely N-dealkylation sites (tertiary alicyclic amines) is 1. The van der Waals surface area contributed by atoms with E-state index in [1.165, 1.54) is 0 Å². The van der Waals surface area contributed by atoms with Crippen LogP contribution in [0.1, 0.15) is 48.3 Å². The largest absolute Gasteiger partial charge is 0.351 e. The molecule has 1 aromatic heterocycles. The highest BCUT2D eigenvalue weighted by Gasteiger charge is 2.24. The molecule has 2 aromatic carbocycles. The molecule has 5 nitrogen and oxygen atoms in total. The second-order valence-electron chi connectivity index (χ2n) is 7.36.